The molecule has 1 amide bonds. The summed E-state index contributed by atoms with van der Waals surface area (Å²) in [5, 5.41) is 0.878. The Labute approximate surface area is 168 Å². The molecule has 3 rings (SSSR count). The summed E-state index contributed by atoms with van der Waals surface area (Å²) in [5.41, 5.74) is -0.500. The van der Waals surface area contributed by atoms with Crippen LogP contribution in [0.1, 0.15) is 39.2 Å². The van der Waals surface area contributed by atoms with Crippen molar-refractivity contribution in [3.05, 3.63) is 26.4 Å². The highest BCUT2D eigenvalue weighted by Gasteiger charge is 2.28. The van der Waals surface area contributed by atoms with Crippen molar-refractivity contribution in [2.24, 2.45) is 25.0 Å². The minimum atomic E-state index is -0.476. The summed E-state index contributed by atoms with van der Waals surface area (Å²) >= 11 is 1.65. The zero-order valence-electron chi connectivity index (χ0n) is 17.2. The van der Waals surface area contributed by atoms with Crippen molar-refractivity contribution >= 4 is 28.7 Å². The van der Waals surface area contributed by atoms with E-state index in [1.54, 1.807) is 23.7 Å². The Balaban J connectivity index is 1.54. The molecule has 0 bridgehead atoms. The summed E-state index contributed by atoms with van der Waals surface area (Å²) in [4.78, 5) is 42.8. The topological polar surface area (TPSA) is 85.9 Å². The van der Waals surface area contributed by atoms with Crippen molar-refractivity contribution in [3.63, 3.8) is 0 Å². The number of piperidine rings is 1. The summed E-state index contributed by atoms with van der Waals surface area (Å²) < 4.78 is 8.00. The average molecular weight is 409 g/mol. The normalized spacial score (nSPS) is 17.5. The molecule has 0 unspecified atom stereocenters. The van der Waals surface area contributed by atoms with E-state index in [0.717, 1.165) is 28.2 Å². The molecule has 1 fully saturated rings. The standard InChI is InChI=1S/C19H28N4O4S/c1-19(2,3)27-18(26)23-8-6-12(7-9-23)11-28-14-10-13-15(20-14)21(4)17(25)22(5)16(13)24/h12H,6-11H2,1-5H3. The van der Waals surface area contributed by atoms with E-state index < -0.39 is 5.60 Å². The molecule has 28 heavy (non-hydrogen) atoms. The predicted octanol–water partition coefficient (Wildman–Crippen LogP) is 2.05. The number of aromatic nitrogens is 2. The zero-order valence-corrected chi connectivity index (χ0v) is 18.0. The van der Waals surface area contributed by atoms with E-state index >= 15 is 0 Å². The van der Waals surface area contributed by atoms with Crippen LogP contribution in [0, 0.1) is 5.92 Å². The molecule has 0 radical (unpaired) electrons. The number of thioether (sulfide) groups is 1. The third-order valence-corrected chi connectivity index (χ3v) is 6.24. The van der Waals surface area contributed by atoms with Gasteiger partial charge in [0.05, 0.1) is 10.6 Å². The van der Waals surface area contributed by atoms with E-state index in [2.05, 4.69) is 4.99 Å². The third-order valence-electron chi connectivity index (χ3n) is 5.03. The fourth-order valence-electron chi connectivity index (χ4n) is 3.42. The van der Waals surface area contributed by atoms with Crippen LogP contribution >= 0.6 is 11.8 Å². The molecule has 3 heterocycles. The zero-order chi connectivity index (χ0) is 20.6. The summed E-state index contributed by atoms with van der Waals surface area (Å²) in [6.07, 6.45) is 2.09. The van der Waals surface area contributed by atoms with Gasteiger partial charge in [-0.2, -0.15) is 0 Å². The number of nitrogens with zero attached hydrogens (tertiary/aromatic N) is 4. The second-order valence-electron chi connectivity index (χ2n) is 8.41. The Morgan fingerprint density at radius 1 is 1.18 bits per heavy atom. The summed E-state index contributed by atoms with van der Waals surface area (Å²) in [6, 6.07) is 0. The molecule has 9 heteroatoms. The maximum absolute atomic E-state index is 12.3. The molecular weight excluding hydrogens is 380 g/mol. The number of ether oxygens (including phenoxy) is 1. The number of aliphatic imine (C=N–C) groups is 1. The van der Waals surface area contributed by atoms with E-state index in [4.69, 9.17) is 4.74 Å². The molecule has 2 aliphatic heterocycles. The summed E-state index contributed by atoms with van der Waals surface area (Å²) in [5.74, 6) is 1.86. The number of likely N-dealkylation sites (tertiary alicyclic amines) is 1. The van der Waals surface area contributed by atoms with Gasteiger partial charge >= 0.3 is 11.8 Å². The molecule has 0 spiro atoms. The van der Waals surface area contributed by atoms with Crippen molar-refractivity contribution in [3.8, 4) is 0 Å². The molecule has 0 N–H and O–H groups in total. The Hall–Kier alpha value is -2.03. The monoisotopic (exact) mass is 408 g/mol. The van der Waals surface area contributed by atoms with Crippen LogP contribution in [0.4, 0.5) is 10.6 Å². The summed E-state index contributed by atoms with van der Waals surface area (Å²) in [7, 11) is 3.14. The lowest BCUT2D eigenvalue weighted by molar-refractivity contribution is 0.0191. The first-order chi connectivity index (χ1) is 13.1. The van der Waals surface area contributed by atoms with Crippen LogP contribution in [-0.4, -0.2) is 49.6 Å². The lowest BCUT2D eigenvalue weighted by atomic mass is 9.99. The van der Waals surface area contributed by atoms with Gasteiger partial charge in [-0.15, -0.1) is 11.8 Å². The largest absolute Gasteiger partial charge is 0.444 e. The molecule has 154 valence electrons. The fourth-order valence-corrected chi connectivity index (χ4v) is 4.57. The molecule has 1 aromatic heterocycles. The fraction of sp³-hybridized carbons (Fsp3) is 0.684. The number of rotatable bonds is 2. The maximum atomic E-state index is 12.3. The van der Waals surface area contributed by atoms with Crippen LogP contribution in [0.15, 0.2) is 14.6 Å². The smallest absolute Gasteiger partial charge is 0.410 e. The van der Waals surface area contributed by atoms with Crippen molar-refractivity contribution in [2.75, 3.05) is 18.8 Å². The van der Waals surface area contributed by atoms with Gasteiger partial charge in [-0.05, 0) is 39.5 Å². The average Bonchev–Trinajstić information content (AvgIpc) is 3.06. The highest BCUT2D eigenvalue weighted by atomic mass is 32.2. The van der Waals surface area contributed by atoms with Gasteiger partial charge in [0.2, 0.25) is 0 Å². The quantitative estimate of drug-likeness (QED) is 0.748. The molecule has 0 atom stereocenters. The second-order valence-corrected chi connectivity index (χ2v) is 9.51. The van der Waals surface area contributed by atoms with Gasteiger partial charge in [-0.1, -0.05) is 0 Å². The van der Waals surface area contributed by atoms with Crippen LogP contribution < -0.4 is 11.2 Å². The highest BCUT2D eigenvalue weighted by Crippen LogP contribution is 2.29. The third kappa shape index (κ3) is 4.34. The molecule has 0 saturated carbocycles. The Bertz CT molecular complexity index is 918. The van der Waals surface area contributed by atoms with Gasteiger partial charge in [0.1, 0.15) is 11.4 Å². The van der Waals surface area contributed by atoms with E-state index in [-0.39, 0.29) is 17.3 Å². The molecule has 2 aliphatic rings. The van der Waals surface area contributed by atoms with Crippen molar-refractivity contribution in [1.82, 2.24) is 14.0 Å². The minimum Gasteiger partial charge on any atom is -0.444 e. The number of hydrogen-bond donors (Lipinski definition) is 0. The van der Waals surface area contributed by atoms with Gasteiger partial charge in [0.25, 0.3) is 5.56 Å². The van der Waals surface area contributed by atoms with Gasteiger partial charge in [-0.25, -0.2) is 14.6 Å². The molecule has 0 aliphatic carbocycles. The predicted molar refractivity (Wildman–Crippen MR) is 111 cm³/mol. The lowest BCUT2D eigenvalue weighted by Gasteiger charge is -2.33. The van der Waals surface area contributed by atoms with Crippen molar-refractivity contribution < 1.29 is 9.53 Å². The van der Waals surface area contributed by atoms with E-state index in [1.165, 1.54) is 11.6 Å². The van der Waals surface area contributed by atoms with E-state index in [1.807, 2.05) is 20.8 Å². The lowest BCUT2D eigenvalue weighted by Crippen LogP contribution is -2.42. The van der Waals surface area contributed by atoms with Gasteiger partial charge in [0.15, 0.2) is 0 Å². The van der Waals surface area contributed by atoms with Crippen molar-refractivity contribution in [1.29, 1.82) is 0 Å². The van der Waals surface area contributed by atoms with Crippen LogP contribution in [0.3, 0.4) is 0 Å². The molecule has 0 aromatic carbocycles. The van der Waals surface area contributed by atoms with Crippen LogP contribution in [0.5, 0.6) is 0 Å². The Morgan fingerprint density at radius 2 is 1.82 bits per heavy atom. The van der Waals surface area contributed by atoms with Crippen LogP contribution in [0.2, 0.25) is 0 Å². The molecule has 8 nitrogen and oxygen atoms in total. The van der Waals surface area contributed by atoms with E-state index in [0.29, 0.717) is 36.8 Å². The first-order valence-corrected chi connectivity index (χ1v) is 10.5. The Kier molecular flexibility index (Phi) is 5.74. The maximum Gasteiger partial charge on any atom is 0.410 e. The van der Waals surface area contributed by atoms with Crippen LogP contribution in [0.25, 0.3) is 0 Å². The summed E-state index contributed by atoms with van der Waals surface area (Å²) in [6.45, 7) is 7.01. The molecule has 1 saturated heterocycles. The second kappa shape index (κ2) is 7.77. The number of hydrogen-bond acceptors (Lipinski definition) is 6. The number of carbonyl (C=O) groups excluding carboxylic acids is 1. The number of carbonyl (C=O) groups is 1. The molecule has 1 aromatic rings. The first kappa shape index (κ1) is 20.7. The van der Waals surface area contributed by atoms with Crippen LogP contribution in [-0.2, 0) is 25.3 Å². The molecular formula is C19H28N4O4S. The van der Waals surface area contributed by atoms with Gasteiger partial charge < -0.3 is 9.64 Å². The number of fused-ring (bicyclic) bond motifs is 1. The van der Waals surface area contributed by atoms with Crippen molar-refractivity contribution in [2.45, 2.75) is 45.6 Å². The first-order valence-electron chi connectivity index (χ1n) is 9.54. The number of amides is 1. The minimum absolute atomic E-state index is 0.244. The van der Waals surface area contributed by atoms with E-state index in [9.17, 15) is 14.4 Å². The van der Waals surface area contributed by atoms with Gasteiger partial charge in [0, 0.05) is 39.4 Å². The SMILES string of the molecule is Cn1c2c(c(=O)n(C)c1=O)CC(SCC1CCN(C(=O)OC(C)(C)C)CC1)=N2. The Morgan fingerprint density at radius 3 is 2.43 bits per heavy atom. The van der Waals surface area contributed by atoms with Gasteiger partial charge in [-0.3, -0.25) is 13.9 Å². The highest BCUT2D eigenvalue weighted by molar-refractivity contribution is 8.14.